The summed E-state index contributed by atoms with van der Waals surface area (Å²) in [6.07, 6.45) is 3.41. The molecule has 1 fully saturated rings. The van der Waals surface area contributed by atoms with Gasteiger partial charge in [-0.25, -0.2) is 9.78 Å². The summed E-state index contributed by atoms with van der Waals surface area (Å²) in [5.41, 5.74) is 1.06. The molecule has 2 rings (SSSR count). The summed E-state index contributed by atoms with van der Waals surface area (Å²) in [6.45, 7) is 6.77. The Hall–Kier alpha value is -0.750. The largest absolute Gasteiger partial charge is 0.335 e. The van der Waals surface area contributed by atoms with Crippen molar-refractivity contribution < 1.29 is 4.79 Å². The van der Waals surface area contributed by atoms with Crippen molar-refractivity contribution in [3.8, 4) is 0 Å². The molecule has 2 atom stereocenters. The Bertz CT molecular complexity index is 442. The van der Waals surface area contributed by atoms with Crippen LogP contribution in [0.25, 0.3) is 0 Å². The van der Waals surface area contributed by atoms with Crippen LogP contribution in [0.3, 0.4) is 0 Å². The number of carbonyl (C=O) groups excluding carboxylic acids is 1. The molecular formula is C14H23N3OS2. The predicted molar refractivity (Wildman–Crippen MR) is 86.5 cm³/mol. The van der Waals surface area contributed by atoms with E-state index in [1.807, 2.05) is 18.7 Å². The third-order valence-electron chi connectivity index (χ3n) is 3.60. The average Bonchev–Trinajstić information content (AvgIpc) is 2.96. The van der Waals surface area contributed by atoms with Crippen LogP contribution in [-0.4, -0.2) is 28.1 Å². The van der Waals surface area contributed by atoms with E-state index in [2.05, 4.69) is 29.5 Å². The molecule has 4 nitrogen and oxygen atoms in total. The maximum absolute atomic E-state index is 11.9. The number of aryl methyl sites for hydroxylation is 2. The first-order valence-electron chi connectivity index (χ1n) is 7.17. The molecule has 6 heteroatoms. The van der Waals surface area contributed by atoms with E-state index >= 15 is 0 Å². The van der Waals surface area contributed by atoms with E-state index in [1.54, 1.807) is 11.3 Å². The lowest BCUT2D eigenvalue weighted by Crippen LogP contribution is -2.40. The van der Waals surface area contributed by atoms with E-state index in [1.165, 1.54) is 11.3 Å². The quantitative estimate of drug-likeness (QED) is 0.877. The van der Waals surface area contributed by atoms with Crippen LogP contribution in [0.4, 0.5) is 4.79 Å². The lowest BCUT2D eigenvalue weighted by Gasteiger charge is -2.13. The highest BCUT2D eigenvalue weighted by Gasteiger charge is 2.25. The molecule has 1 aromatic heterocycles. The third-order valence-corrected chi connectivity index (χ3v) is 5.90. The van der Waals surface area contributed by atoms with E-state index in [0.717, 1.165) is 34.5 Å². The standard InChI is InChI=1S/C14H23N3OS2/c1-4-19-12-6-5-11(7-12)17-14(18)15-8-13-16-9(2)10(3)20-13/h11-12H,4-8H2,1-3H3,(H2,15,17,18)/t11-,12+/m0/s1. The molecule has 0 aromatic carbocycles. The Morgan fingerprint density at radius 1 is 1.45 bits per heavy atom. The smallest absolute Gasteiger partial charge is 0.315 e. The van der Waals surface area contributed by atoms with Gasteiger partial charge in [0, 0.05) is 16.2 Å². The van der Waals surface area contributed by atoms with Crippen molar-refractivity contribution in [3.05, 3.63) is 15.6 Å². The highest BCUT2D eigenvalue weighted by molar-refractivity contribution is 7.99. The zero-order chi connectivity index (χ0) is 14.5. The fraction of sp³-hybridized carbons (Fsp3) is 0.714. The third kappa shape index (κ3) is 4.38. The number of nitrogens with one attached hydrogen (secondary N) is 2. The second kappa shape index (κ2) is 7.31. The zero-order valence-corrected chi connectivity index (χ0v) is 14.0. The Labute approximate surface area is 129 Å². The van der Waals surface area contributed by atoms with Gasteiger partial charge in [0.05, 0.1) is 12.2 Å². The molecular weight excluding hydrogens is 290 g/mol. The van der Waals surface area contributed by atoms with Gasteiger partial charge in [-0.1, -0.05) is 6.92 Å². The number of carbonyl (C=O) groups is 1. The Kier molecular flexibility index (Phi) is 5.72. The van der Waals surface area contributed by atoms with Crippen molar-refractivity contribution in [3.63, 3.8) is 0 Å². The van der Waals surface area contributed by atoms with Crippen molar-refractivity contribution in [1.82, 2.24) is 15.6 Å². The van der Waals surface area contributed by atoms with E-state index in [4.69, 9.17) is 0 Å². The molecule has 112 valence electrons. The monoisotopic (exact) mass is 313 g/mol. The van der Waals surface area contributed by atoms with Gasteiger partial charge in [-0.05, 0) is 38.9 Å². The van der Waals surface area contributed by atoms with E-state index in [9.17, 15) is 4.79 Å². The minimum atomic E-state index is -0.0670. The molecule has 20 heavy (non-hydrogen) atoms. The summed E-state index contributed by atoms with van der Waals surface area (Å²) in [5.74, 6) is 1.16. The highest BCUT2D eigenvalue weighted by atomic mass is 32.2. The minimum Gasteiger partial charge on any atom is -0.335 e. The number of aromatic nitrogens is 1. The van der Waals surface area contributed by atoms with E-state index in [-0.39, 0.29) is 6.03 Å². The summed E-state index contributed by atoms with van der Waals surface area (Å²) in [5, 5.41) is 7.67. The molecule has 1 heterocycles. The number of thiazole rings is 1. The van der Waals surface area contributed by atoms with Gasteiger partial charge >= 0.3 is 6.03 Å². The molecule has 0 aliphatic heterocycles. The van der Waals surface area contributed by atoms with Crippen molar-refractivity contribution >= 4 is 29.1 Å². The van der Waals surface area contributed by atoms with Gasteiger partial charge in [-0.2, -0.15) is 11.8 Å². The molecule has 1 aliphatic rings. The first-order valence-corrected chi connectivity index (χ1v) is 9.04. The molecule has 2 amide bonds. The van der Waals surface area contributed by atoms with Gasteiger partial charge in [0.25, 0.3) is 0 Å². The van der Waals surface area contributed by atoms with Crippen LogP contribution >= 0.6 is 23.1 Å². The van der Waals surface area contributed by atoms with E-state index in [0.29, 0.717) is 12.6 Å². The predicted octanol–water partition coefficient (Wildman–Crippen LogP) is 3.23. The molecule has 0 unspecified atom stereocenters. The first-order chi connectivity index (χ1) is 9.58. The molecule has 0 bridgehead atoms. The summed E-state index contributed by atoms with van der Waals surface area (Å²) >= 11 is 3.65. The van der Waals surface area contributed by atoms with Crippen LogP contribution in [0.1, 0.15) is 41.8 Å². The average molecular weight is 313 g/mol. The Morgan fingerprint density at radius 2 is 2.25 bits per heavy atom. The number of nitrogens with zero attached hydrogens (tertiary/aromatic N) is 1. The lowest BCUT2D eigenvalue weighted by molar-refractivity contribution is 0.236. The van der Waals surface area contributed by atoms with Gasteiger partial charge in [0.1, 0.15) is 5.01 Å². The summed E-state index contributed by atoms with van der Waals surface area (Å²) < 4.78 is 0. The van der Waals surface area contributed by atoms with Crippen LogP contribution in [0.2, 0.25) is 0 Å². The molecule has 0 saturated heterocycles. The van der Waals surface area contributed by atoms with Crippen molar-refractivity contribution in [2.75, 3.05) is 5.75 Å². The highest BCUT2D eigenvalue weighted by Crippen LogP contribution is 2.29. The molecule has 1 saturated carbocycles. The molecule has 1 aromatic rings. The fourth-order valence-electron chi connectivity index (χ4n) is 2.47. The van der Waals surface area contributed by atoms with Crippen LogP contribution in [0.5, 0.6) is 0 Å². The van der Waals surface area contributed by atoms with Crippen molar-refractivity contribution in [2.24, 2.45) is 0 Å². The number of hydrogen-bond donors (Lipinski definition) is 2. The second-order valence-corrected chi connectivity index (χ2v) is 8.03. The molecule has 2 N–H and O–H groups in total. The van der Waals surface area contributed by atoms with E-state index < -0.39 is 0 Å². The molecule has 0 spiro atoms. The van der Waals surface area contributed by atoms with Gasteiger partial charge in [-0.15, -0.1) is 11.3 Å². The number of amides is 2. The van der Waals surface area contributed by atoms with Crippen LogP contribution < -0.4 is 10.6 Å². The number of hydrogen-bond acceptors (Lipinski definition) is 4. The lowest BCUT2D eigenvalue weighted by atomic mass is 10.2. The van der Waals surface area contributed by atoms with Crippen molar-refractivity contribution in [2.45, 2.75) is 57.9 Å². The number of thioether (sulfide) groups is 1. The summed E-state index contributed by atoms with van der Waals surface area (Å²) in [6, 6.07) is 0.265. The van der Waals surface area contributed by atoms with Crippen LogP contribution in [0, 0.1) is 13.8 Å². The number of rotatable bonds is 5. The molecule has 1 aliphatic carbocycles. The Balaban J connectivity index is 1.71. The summed E-state index contributed by atoms with van der Waals surface area (Å²) in [7, 11) is 0. The second-order valence-electron chi connectivity index (χ2n) is 5.16. The summed E-state index contributed by atoms with van der Waals surface area (Å²) in [4.78, 5) is 17.5. The van der Waals surface area contributed by atoms with Gasteiger partial charge in [0.2, 0.25) is 0 Å². The topological polar surface area (TPSA) is 54.0 Å². The molecule has 0 radical (unpaired) electrons. The van der Waals surface area contributed by atoms with Crippen molar-refractivity contribution in [1.29, 1.82) is 0 Å². The maximum atomic E-state index is 11.9. The Morgan fingerprint density at radius 3 is 2.90 bits per heavy atom. The number of urea groups is 1. The first kappa shape index (κ1) is 15.6. The minimum absolute atomic E-state index is 0.0670. The maximum Gasteiger partial charge on any atom is 0.315 e. The van der Waals surface area contributed by atoms with Gasteiger partial charge in [-0.3, -0.25) is 0 Å². The zero-order valence-electron chi connectivity index (χ0n) is 12.4. The fourth-order valence-corrected chi connectivity index (χ4v) is 4.48. The van der Waals surface area contributed by atoms with Crippen LogP contribution in [0.15, 0.2) is 0 Å². The van der Waals surface area contributed by atoms with Gasteiger partial charge in [0.15, 0.2) is 0 Å². The normalized spacial score (nSPS) is 21.9. The SMILES string of the molecule is CCS[C@@H]1CC[C@H](NC(=O)NCc2nc(C)c(C)s2)C1. The van der Waals surface area contributed by atoms with Crippen LogP contribution in [-0.2, 0) is 6.54 Å². The van der Waals surface area contributed by atoms with Gasteiger partial charge < -0.3 is 10.6 Å².